The first-order valence-corrected chi connectivity index (χ1v) is 5.67. The summed E-state index contributed by atoms with van der Waals surface area (Å²) in [6, 6.07) is 9.38. The lowest BCUT2D eigenvalue weighted by atomic mass is 10.1. The summed E-state index contributed by atoms with van der Waals surface area (Å²) in [6.07, 6.45) is -0.447. The van der Waals surface area contributed by atoms with Gasteiger partial charge in [-0.3, -0.25) is 0 Å². The summed E-state index contributed by atoms with van der Waals surface area (Å²) in [4.78, 5) is 11.6. The summed E-state index contributed by atoms with van der Waals surface area (Å²) < 4.78 is 5.19. The number of amides is 1. The summed E-state index contributed by atoms with van der Waals surface area (Å²) >= 11 is 0. The molecule has 4 heteroatoms. The second kappa shape index (κ2) is 5.68. The van der Waals surface area contributed by atoms with Gasteiger partial charge in [0.2, 0.25) is 0 Å². The zero-order chi connectivity index (χ0) is 12.9. The number of carbonyl (C=O) groups is 1. The molecule has 94 valence electrons. The van der Waals surface area contributed by atoms with E-state index in [2.05, 4.69) is 5.32 Å². The molecule has 0 saturated carbocycles. The van der Waals surface area contributed by atoms with Crippen molar-refractivity contribution in [3.8, 4) is 0 Å². The Morgan fingerprint density at radius 1 is 1.35 bits per heavy atom. The van der Waals surface area contributed by atoms with Crippen molar-refractivity contribution in [2.75, 3.05) is 6.54 Å². The number of hydrogen-bond acceptors (Lipinski definition) is 3. The maximum absolute atomic E-state index is 11.6. The SMILES string of the molecule is CC(C)(C)OC(=O)NC(CN)c1ccccc1. The lowest BCUT2D eigenvalue weighted by molar-refractivity contribution is 0.0505. The van der Waals surface area contributed by atoms with Gasteiger partial charge in [0.15, 0.2) is 0 Å². The van der Waals surface area contributed by atoms with Gasteiger partial charge in [-0.1, -0.05) is 30.3 Å². The fourth-order valence-corrected chi connectivity index (χ4v) is 1.41. The molecular weight excluding hydrogens is 216 g/mol. The lowest BCUT2D eigenvalue weighted by Crippen LogP contribution is -2.37. The minimum atomic E-state index is -0.500. The zero-order valence-electron chi connectivity index (χ0n) is 10.6. The maximum Gasteiger partial charge on any atom is 0.408 e. The third-order valence-corrected chi connectivity index (χ3v) is 2.13. The van der Waals surface area contributed by atoms with Crippen LogP contribution >= 0.6 is 0 Å². The molecule has 0 aromatic heterocycles. The minimum Gasteiger partial charge on any atom is -0.444 e. The fraction of sp³-hybridized carbons (Fsp3) is 0.462. The molecule has 0 bridgehead atoms. The summed E-state index contributed by atoms with van der Waals surface area (Å²) in [6.45, 7) is 5.81. The molecule has 0 fully saturated rings. The number of alkyl carbamates (subject to hydrolysis) is 1. The molecule has 0 radical (unpaired) electrons. The predicted molar refractivity (Wildman–Crippen MR) is 67.6 cm³/mol. The molecule has 0 saturated heterocycles. The Hall–Kier alpha value is -1.55. The van der Waals surface area contributed by atoms with Crippen LogP contribution in [0.2, 0.25) is 0 Å². The summed E-state index contributed by atoms with van der Waals surface area (Å²) in [7, 11) is 0. The Kier molecular flexibility index (Phi) is 4.52. The highest BCUT2D eigenvalue weighted by Crippen LogP contribution is 2.13. The lowest BCUT2D eigenvalue weighted by Gasteiger charge is -2.23. The first kappa shape index (κ1) is 13.5. The Bertz CT molecular complexity index is 357. The number of nitrogens with one attached hydrogen (secondary N) is 1. The standard InChI is InChI=1S/C13H20N2O2/c1-13(2,3)17-12(16)15-11(9-14)10-7-5-4-6-8-10/h4-8,11H,9,14H2,1-3H3,(H,15,16). The summed E-state index contributed by atoms with van der Waals surface area (Å²) in [5.74, 6) is 0. The number of ether oxygens (including phenoxy) is 1. The van der Waals surface area contributed by atoms with Crippen LogP contribution in [0, 0.1) is 0 Å². The molecule has 0 aliphatic rings. The number of rotatable bonds is 3. The zero-order valence-corrected chi connectivity index (χ0v) is 10.6. The predicted octanol–water partition coefficient (Wildman–Crippen LogP) is 2.21. The number of carbonyl (C=O) groups excluding carboxylic acids is 1. The highest BCUT2D eigenvalue weighted by molar-refractivity contribution is 5.68. The Morgan fingerprint density at radius 2 is 1.94 bits per heavy atom. The molecule has 1 rings (SSSR count). The average molecular weight is 236 g/mol. The van der Waals surface area contributed by atoms with Gasteiger partial charge in [0.25, 0.3) is 0 Å². The molecule has 1 aromatic rings. The number of nitrogens with two attached hydrogens (primary N) is 1. The molecule has 0 heterocycles. The van der Waals surface area contributed by atoms with E-state index in [0.29, 0.717) is 6.54 Å². The van der Waals surface area contributed by atoms with E-state index in [0.717, 1.165) is 5.56 Å². The molecule has 1 aromatic carbocycles. The molecule has 1 unspecified atom stereocenters. The van der Waals surface area contributed by atoms with Gasteiger partial charge in [0.1, 0.15) is 5.60 Å². The highest BCUT2D eigenvalue weighted by atomic mass is 16.6. The molecule has 0 aliphatic carbocycles. The molecule has 1 atom stereocenters. The van der Waals surface area contributed by atoms with Gasteiger partial charge < -0.3 is 15.8 Å². The molecule has 0 aliphatic heterocycles. The van der Waals surface area contributed by atoms with Crippen LogP contribution in [-0.4, -0.2) is 18.2 Å². The Labute approximate surface area is 102 Å². The van der Waals surface area contributed by atoms with E-state index in [1.807, 2.05) is 51.1 Å². The van der Waals surface area contributed by atoms with Gasteiger partial charge >= 0.3 is 6.09 Å². The topological polar surface area (TPSA) is 64.3 Å². The van der Waals surface area contributed by atoms with E-state index in [1.165, 1.54) is 0 Å². The van der Waals surface area contributed by atoms with Crippen LogP contribution in [0.1, 0.15) is 32.4 Å². The van der Waals surface area contributed by atoms with E-state index >= 15 is 0 Å². The van der Waals surface area contributed by atoms with Gasteiger partial charge in [0, 0.05) is 6.54 Å². The van der Waals surface area contributed by atoms with Crippen molar-refractivity contribution < 1.29 is 9.53 Å². The normalized spacial score (nSPS) is 12.9. The van der Waals surface area contributed by atoms with E-state index in [9.17, 15) is 4.79 Å². The molecule has 0 spiro atoms. The van der Waals surface area contributed by atoms with Crippen LogP contribution in [0.3, 0.4) is 0 Å². The van der Waals surface area contributed by atoms with Crippen LogP contribution in [0.4, 0.5) is 4.79 Å². The molecule has 17 heavy (non-hydrogen) atoms. The quantitative estimate of drug-likeness (QED) is 0.845. The molecule has 4 nitrogen and oxygen atoms in total. The van der Waals surface area contributed by atoms with E-state index in [1.54, 1.807) is 0 Å². The summed E-state index contributed by atoms with van der Waals surface area (Å²) in [5.41, 5.74) is 6.12. The van der Waals surface area contributed by atoms with Gasteiger partial charge in [-0.15, -0.1) is 0 Å². The first-order chi connectivity index (χ1) is 7.92. The van der Waals surface area contributed by atoms with Crippen molar-refractivity contribution in [1.82, 2.24) is 5.32 Å². The van der Waals surface area contributed by atoms with Gasteiger partial charge in [-0.05, 0) is 26.3 Å². The van der Waals surface area contributed by atoms with E-state index in [-0.39, 0.29) is 6.04 Å². The van der Waals surface area contributed by atoms with Crippen molar-refractivity contribution in [3.63, 3.8) is 0 Å². The van der Waals surface area contributed by atoms with Gasteiger partial charge in [0.05, 0.1) is 6.04 Å². The Balaban J connectivity index is 2.62. The third kappa shape index (κ3) is 4.87. The van der Waals surface area contributed by atoms with Crippen molar-refractivity contribution in [3.05, 3.63) is 35.9 Å². The monoisotopic (exact) mass is 236 g/mol. The van der Waals surface area contributed by atoms with E-state index in [4.69, 9.17) is 10.5 Å². The second-order valence-electron chi connectivity index (χ2n) is 4.85. The highest BCUT2D eigenvalue weighted by Gasteiger charge is 2.19. The minimum absolute atomic E-state index is 0.217. The number of benzene rings is 1. The largest absolute Gasteiger partial charge is 0.444 e. The fourth-order valence-electron chi connectivity index (χ4n) is 1.41. The van der Waals surface area contributed by atoms with Crippen molar-refractivity contribution in [2.45, 2.75) is 32.4 Å². The average Bonchev–Trinajstić information content (AvgIpc) is 2.24. The first-order valence-electron chi connectivity index (χ1n) is 5.67. The molecule has 1 amide bonds. The van der Waals surface area contributed by atoms with Gasteiger partial charge in [-0.2, -0.15) is 0 Å². The second-order valence-corrected chi connectivity index (χ2v) is 4.85. The van der Waals surface area contributed by atoms with E-state index < -0.39 is 11.7 Å². The third-order valence-electron chi connectivity index (χ3n) is 2.13. The van der Waals surface area contributed by atoms with Crippen LogP contribution < -0.4 is 11.1 Å². The van der Waals surface area contributed by atoms with Crippen LogP contribution in [0.25, 0.3) is 0 Å². The maximum atomic E-state index is 11.6. The van der Waals surface area contributed by atoms with Crippen molar-refractivity contribution >= 4 is 6.09 Å². The van der Waals surface area contributed by atoms with Gasteiger partial charge in [-0.25, -0.2) is 4.79 Å². The summed E-state index contributed by atoms with van der Waals surface area (Å²) in [5, 5.41) is 2.75. The van der Waals surface area contributed by atoms with Crippen molar-refractivity contribution in [2.24, 2.45) is 5.73 Å². The van der Waals surface area contributed by atoms with Crippen LogP contribution in [-0.2, 0) is 4.74 Å². The Morgan fingerprint density at radius 3 is 2.41 bits per heavy atom. The molecular formula is C13H20N2O2. The van der Waals surface area contributed by atoms with Crippen LogP contribution in [0.15, 0.2) is 30.3 Å². The van der Waals surface area contributed by atoms with Crippen LogP contribution in [0.5, 0.6) is 0 Å². The van der Waals surface area contributed by atoms with Crippen molar-refractivity contribution in [1.29, 1.82) is 0 Å². The number of hydrogen-bond donors (Lipinski definition) is 2. The smallest absolute Gasteiger partial charge is 0.408 e. The molecule has 3 N–H and O–H groups in total.